The first-order valence-corrected chi connectivity index (χ1v) is 10.7. The molecule has 3 rings (SSSR count). The second-order valence-electron chi connectivity index (χ2n) is 6.95. The van der Waals surface area contributed by atoms with Crippen LogP contribution in [0.25, 0.3) is 6.08 Å². The SMILES string of the molecule is CCOC(=O)c1cccc(NC(=O)/C=C/c2ccc(OCc3ccc(Cl)cc3)c(OC)c2)c1. The lowest BCUT2D eigenvalue weighted by Gasteiger charge is -2.11. The molecule has 0 unspecified atom stereocenters. The van der Waals surface area contributed by atoms with Crippen molar-refractivity contribution < 1.29 is 23.8 Å². The Balaban J connectivity index is 1.62. The summed E-state index contributed by atoms with van der Waals surface area (Å²) >= 11 is 5.91. The zero-order chi connectivity index (χ0) is 23.6. The highest BCUT2D eigenvalue weighted by atomic mass is 35.5. The van der Waals surface area contributed by atoms with Gasteiger partial charge in [-0.15, -0.1) is 0 Å². The highest BCUT2D eigenvalue weighted by Gasteiger charge is 2.08. The van der Waals surface area contributed by atoms with E-state index in [9.17, 15) is 9.59 Å². The maximum Gasteiger partial charge on any atom is 0.338 e. The van der Waals surface area contributed by atoms with Gasteiger partial charge in [0.05, 0.1) is 19.3 Å². The van der Waals surface area contributed by atoms with E-state index in [0.29, 0.717) is 34.4 Å². The molecule has 7 heteroatoms. The molecule has 0 aliphatic carbocycles. The van der Waals surface area contributed by atoms with E-state index in [1.165, 1.54) is 6.08 Å². The number of halogens is 1. The second kappa shape index (κ2) is 11.7. The number of hydrogen-bond acceptors (Lipinski definition) is 5. The quantitative estimate of drug-likeness (QED) is 0.321. The Bertz CT molecular complexity index is 1140. The van der Waals surface area contributed by atoms with Gasteiger partial charge in [0.2, 0.25) is 5.91 Å². The van der Waals surface area contributed by atoms with E-state index in [2.05, 4.69) is 5.32 Å². The summed E-state index contributed by atoms with van der Waals surface area (Å²) in [5.41, 5.74) is 2.62. The van der Waals surface area contributed by atoms with Gasteiger partial charge in [-0.2, -0.15) is 0 Å². The van der Waals surface area contributed by atoms with Gasteiger partial charge in [-0.05, 0) is 66.6 Å². The van der Waals surface area contributed by atoms with Crippen molar-refractivity contribution in [1.82, 2.24) is 0 Å². The average Bonchev–Trinajstić information content (AvgIpc) is 2.83. The van der Waals surface area contributed by atoms with Crippen LogP contribution in [0.5, 0.6) is 11.5 Å². The summed E-state index contributed by atoms with van der Waals surface area (Å²) in [7, 11) is 1.56. The predicted octanol–water partition coefficient (Wildman–Crippen LogP) is 5.76. The summed E-state index contributed by atoms with van der Waals surface area (Å²) in [4.78, 5) is 24.2. The lowest BCUT2D eigenvalue weighted by Crippen LogP contribution is -2.09. The van der Waals surface area contributed by atoms with Crippen molar-refractivity contribution in [2.24, 2.45) is 0 Å². The molecule has 0 aliphatic rings. The molecule has 0 fully saturated rings. The van der Waals surface area contributed by atoms with Crippen LogP contribution in [0, 0.1) is 0 Å². The third-order valence-corrected chi connectivity index (χ3v) is 4.82. The molecule has 0 atom stereocenters. The first-order valence-electron chi connectivity index (χ1n) is 10.3. The van der Waals surface area contributed by atoms with Gasteiger partial charge in [0.25, 0.3) is 0 Å². The molecule has 170 valence electrons. The van der Waals surface area contributed by atoms with Crippen molar-refractivity contribution in [2.45, 2.75) is 13.5 Å². The summed E-state index contributed by atoms with van der Waals surface area (Å²) in [5, 5.41) is 3.40. The fraction of sp³-hybridized carbons (Fsp3) is 0.154. The lowest BCUT2D eigenvalue weighted by molar-refractivity contribution is -0.111. The number of carbonyl (C=O) groups is 2. The number of rotatable bonds is 9. The minimum atomic E-state index is -0.436. The Morgan fingerprint density at radius 1 is 1.00 bits per heavy atom. The number of ether oxygens (including phenoxy) is 3. The van der Waals surface area contributed by atoms with Crippen LogP contribution in [-0.2, 0) is 16.1 Å². The number of anilines is 1. The van der Waals surface area contributed by atoms with E-state index in [1.807, 2.05) is 30.3 Å². The van der Waals surface area contributed by atoms with Crippen molar-refractivity contribution in [2.75, 3.05) is 19.0 Å². The first-order chi connectivity index (χ1) is 16.0. The van der Waals surface area contributed by atoms with Crippen LogP contribution in [0.1, 0.15) is 28.4 Å². The molecule has 6 nitrogen and oxygen atoms in total. The molecule has 0 aromatic heterocycles. The fourth-order valence-electron chi connectivity index (χ4n) is 2.94. The molecule has 0 heterocycles. The van der Waals surface area contributed by atoms with Crippen LogP contribution in [0.3, 0.4) is 0 Å². The molecule has 3 aromatic rings. The Kier molecular flexibility index (Phi) is 8.49. The summed E-state index contributed by atoms with van der Waals surface area (Å²) in [5.74, 6) is 0.367. The van der Waals surface area contributed by atoms with Gasteiger partial charge in [0, 0.05) is 16.8 Å². The van der Waals surface area contributed by atoms with Crippen molar-refractivity contribution >= 4 is 35.2 Å². The summed E-state index contributed by atoms with van der Waals surface area (Å²) in [6, 6.07) is 19.4. The molecule has 33 heavy (non-hydrogen) atoms. The van der Waals surface area contributed by atoms with Crippen LogP contribution >= 0.6 is 11.6 Å². The van der Waals surface area contributed by atoms with Crippen LogP contribution < -0.4 is 14.8 Å². The number of hydrogen-bond donors (Lipinski definition) is 1. The highest BCUT2D eigenvalue weighted by Crippen LogP contribution is 2.29. The van der Waals surface area contributed by atoms with Crippen molar-refractivity contribution in [3.63, 3.8) is 0 Å². The lowest BCUT2D eigenvalue weighted by atomic mass is 10.1. The van der Waals surface area contributed by atoms with Gasteiger partial charge < -0.3 is 19.5 Å². The average molecular weight is 466 g/mol. The standard InChI is InChI=1S/C26H24ClNO5/c1-3-32-26(30)20-5-4-6-22(16-20)28-25(29)14-10-18-9-13-23(24(15-18)31-2)33-17-19-7-11-21(27)12-8-19/h4-16H,3,17H2,1-2H3,(H,28,29)/b14-10+. The molecule has 1 N–H and O–H groups in total. The molecule has 0 bridgehead atoms. The predicted molar refractivity (Wildman–Crippen MR) is 129 cm³/mol. The van der Waals surface area contributed by atoms with Gasteiger partial charge >= 0.3 is 5.97 Å². The Morgan fingerprint density at radius 2 is 1.79 bits per heavy atom. The molecular formula is C26H24ClNO5. The topological polar surface area (TPSA) is 73.9 Å². The molecule has 0 saturated carbocycles. The summed E-state index contributed by atoms with van der Waals surface area (Å²) in [6.07, 6.45) is 3.07. The van der Waals surface area contributed by atoms with Crippen LogP contribution in [-0.4, -0.2) is 25.6 Å². The number of nitrogens with one attached hydrogen (secondary N) is 1. The Labute approximate surface area is 197 Å². The van der Waals surface area contributed by atoms with Gasteiger partial charge in [0.15, 0.2) is 11.5 Å². The number of esters is 1. The Hall–Kier alpha value is -3.77. The molecule has 1 amide bonds. The molecule has 3 aromatic carbocycles. The summed E-state index contributed by atoms with van der Waals surface area (Å²) in [6.45, 7) is 2.39. The summed E-state index contributed by atoms with van der Waals surface area (Å²) < 4.78 is 16.3. The van der Waals surface area contributed by atoms with E-state index in [-0.39, 0.29) is 12.5 Å². The zero-order valence-electron chi connectivity index (χ0n) is 18.3. The zero-order valence-corrected chi connectivity index (χ0v) is 19.1. The highest BCUT2D eigenvalue weighted by molar-refractivity contribution is 6.30. The minimum Gasteiger partial charge on any atom is -0.493 e. The second-order valence-corrected chi connectivity index (χ2v) is 7.39. The number of benzene rings is 3. The number of amides is 1. The fourth-order valence-corrected chi connectivity index (χ4v) is 3.07. The van der Waals surface area contributed by atoms with Gasteiger partial charge in [-0.3, -0.25) is 4.79 Å². The number of carbonyl (C=O) groups excluding carboxylic acids is 2. The molecule has 0 spiro atoms. The minimum absolute atomic E-state index is 0.284. The van der Waals surface area contributed by atoms with Crippen molar-refractivity contribution in [3.8, 4) is 11.5 Å². The van der Waals surface area contributed by atoms with Crippen LogP contribution in [0.2, 0.25) is 5.02 Å². The molecule has 0 aliphatic heterocycles. The first kappa shape index (κ1) is 23.9. The normalized spacial score (nSPS) is 10.6. The molecular weight excluding hydrogens is 442 g/mol. The van der Waals surface area contributed by atoms with E-state index in [0.717, 1.165) is 11.1 Å². The van der Waals surface area contributed by atoms with Gasteiger partial charge in [0.1, 0.15) is 6.61 Å². The largest absolute Gasteiger partial charge is 0.493 e. The van der Waals surface area contributed by atoms with E-state index in [1.54, 1.807) is 56.5 Å². The van der Waals surface area contributed by atoms with Crippen molar-refractivity contribution in [3.05, 3.63) is 94.5 Å². The molecule has 0 radical (unpaired) electrons. The maximum atomic E-state index is 12.3. The smallest absolute Gasteiger partial charge is 0.338 e. The van der Waals surface area contributed by atoms with Gasteiger partial charge in [-0.1, -0.05) is 35.9 Å². The third kappa shape index (κ3) is 7.12. The van der Waals surface area contributed by atoms with E-state index in [4.69, 9.17) is 25.8 Å². The third-order valence-electron chi connectivity index (χ3n) is 4.56. The van der Waals surface area contributed by atoms with Crippen LogP contribution in [0.15, 0.2) is 72.8 Å². The number of methoxy groups -OCH3 is 1. The van der Waals surface area contributed by atoms with Crippen LogP contribution in [0.4, 0.5) is 5.69 Å². The van der Waals surface area contributed by atoms with Gasteiger partial charge in [-0.25, -0.2) is 4.79 Å². The Morgan fingerprint density at radius 3 is 2.52 bits per heavy atom. The monoisotopic (exact) mass is 465 g/mol. The van der Waals surface area contributed by atoms with Crippen molar-refractivity contribution in [1.29, 1.82) is 0 Å². The maximum absolute atomic E-state index is 12.3. The molecule has 0 saturated heterocycles. The van der Waals surface area contributed by atoms with E-state index < -0.39 is 5.97 Å². The van der Waals surface area contributed by atoms with E-state index >= 15 is 0 Å².